The lowest BCUT2D eigenvalue weighted by molar-refractivity contribution is -0.119. The van der Waals surface area contributed by atoms with Crippen LogP contribution in [0.3, 0.4) is 0 Å². The maximum absolute atomic E-state index is 14.7. The average molecular weight is 791 g/mol. The van der Waals surface area contributed by atoms with E-state index in [0.717, 1.165) is 81.6 Å². The molecule has 1 aliphatic heterocycles. The molecule has 3 aromatic carbocycles. The molecule has 12 nitrogen and oxygen atoms in total. The number of likely N-dealkylation sites (tertiary alicyclic amines) is 1. The number of pyridine rings is 1. The quantitative estimate of drug-likeness (QED) is 0.0752. The molecule has 57 heavy (non-hydrogen) atoms. The summed E-state index contributed by atoms with van der Waals surface area (Å²) in [6.45, 7) is 10.4. The lowest BCUT2D eigenvalue weighted by Gasteiger charge is -2.31. The number of primary amides is 1. The maximum Gasteiger partial charge on any atom is 0.475 e. The second kappa shape index (κ2) is 17.7. The number of carbonyl (C=O) groups is 2. The van der Waals surface area contributed by atoms with E-state index in [1.54, 1.807) is 10.8 Å². The first-order chi connectivity index (χ1) is 27.5. The number of phosphoric acid groups is 1. The summed E-state index contributed by atoms with van der Waals surface area (Å²) in [6, 6.07) is 25.3. The third kappa shape index (κ3) is 9.11. The molecule has 6 aromatic rings. The number of rotatable bonds is 16. The molecular formula is C44H51N6O6P. The summed E-state index contributed by atoms with van der Waals surface area (Å²) >= 11 is 0. The second-order valence-corrected chi connectivity index (χ2v) is 16.8. The zero-order valence-corrected chi connectivity index (χ0v) is 34.0. The van der Waals surface area contributed by atoms with E-state index in [4.69, 9.17) is 19.3 Å². The van der Waals surface area contributed by atoms with E-state index in [0.29, 0.717) is 5.92 Å². The van der Waals surface area contributed by atoms with Crippen molar-refractivity contribution in [1.29, 1.82) is 0 Å². The molecule has 4 heterocycles. The number of amides is 1. The first kappa shape index (κ1) is 40.2. The van der Waals surface area contributed by atoms with Crippen LogP contribution in [0.5, 0.6) is 0 Å². The normalized spacial score (nSPS) is 14.3. The lowest BCUT2D eigenvalue weighted by atomic mass is 9.87. The number of piperidine rings is 1. The Bertz CT molecular complexity index is 2360. The van der Waals surface area contributed by atoms with Crippen LogP contribution >= 0.6 is 7.82 Å². The summed E-state index contributed by atoms with van der Waals surface area (Å²) in [5.41, 5.74) is 14.8. The van der Waals surface area contributed by atoms with Crippen LogP contribution in [0.15, 0.2) is 91.4 Å². The number of aryl methyl sites for hydroxylation is 1. The van der Waals surface area contributed by atoms with Crippen LogP contribution in [-0.4, -0.2) is 62.1 Å². The van der Waals surface area contributed by atoms with E-state index in [2.05, 4.69) is 54.0 Å². The highest BCUT2D eigenvalue weighted by Crippen LogP contribution is 2.51. The van der Waals surface area contributed by atoms with Crippen molar-refractivity contribution in [2.45, 2.75) is 78.4 Å². The fourth-order valence-electron chi connectivity index (χ4n) is 7.86. The maximum atomic E-state index is 14.7. The first-order valence-electron chi connectivity index (χ1n) is 19.6. The van der Waals surface area contributed by atoms with Crippen molar-refractivity contribution in [3.05, 3.63) is 125 Å². The SMILES string of the molecule is Cc1c(-c2c(C(C)C)c3cc(C4CCN(CC(N)=O)CC4)ccc3n2C(=O)CCCOP(=O)(OCc2ccccc2)OCc2ccccc2)cn2ncnc2c1C. The Morgan fingerprint density at radius 3 is 2.16 bits per heavy atom. The zero-order chi connectivity index (χ0) is 40.1. The molecule has 0 spiro atoms. The van der Waals surface area contributed by atoms with Gasteiger partial charge in [0.05, 0.1) is 37.6 Å². The Balaban J connectivity index is 1.18. The van der Waals surface area contributed by atoms with Crippen LogP contribution in [-0.2, 0) is 36.1 Å². The summed E-state index contributed by atoms with van der Waals surface area (Å²) in [5, 5.41) is 5.51. The number of benzene rings is 3. The van der Waals surface area contributed by atoms with Crippen LogP contribution < -0.4 is 5.73 Å². The second-order valence-electron chi connectivity index (χ2n) is 15.2. The molecule has 0 atom stereocenters. The van der Waals surface area contributed by atoms with Crippen LogP contribution in [0.1, 0.15) is 89.5 Å². The van der Waals surface area contributed by atoms with E-state index < -0.39 is 7.82 Å². The van der Waals surface area contributed by atoms with Gasteiger partial charge in [0.1, 0.15) is 6.33 Å². The minimum atomic E-state index is -4.01. The van der Waals surface area contributed by atoms with Gasteiger partial charge >= 0.3 is 7.82 Å². The average Bonchev–Trinajstić information content (AvgIpc) is 3.83. The van der Waals surface area contributed by atoms with Gasteiger partial charge in [0.15, 0.2) is 5.65 Å². The molecule has 1 amide bonds. The molecule has 0 bridgehead atoms. The topological polar surface area (TPSA) is 143 Å². The highest BCUT2D eigenvalue weighted by Gasteiger charge is 2.30. The highest BCUT2D eigenvalue weighted by molar-refractivity contribution is 7.48. The molecule has 2 N–H and O–H groups in total. The predicted octanol–water partition coefficient (Wildman–Crippen LogP) is 8.73. The predicted molar refractivity (Wildman–Crippen MR) is 221 cm³/mol. The zero-order valence-electron chi connectivity index (χ0n) is 33.1. The monoisotopic (exact) mass is 790 g/mol. The molecule has 298 valence electrons. The van der Waals surface area contributed by atoms with Gasteiger partial charge in [-0.25, -0.2) is 14.1 Å². The van der Waals surface area contributed by atoms with Gasteiger partial charge in [-0.3, -0.25) is 32.6 Å². The summed E-state index contributed by atoms with van der Waals surface area (Å²) in [7, 11) is -4.01. The lowest BCUT2D eigenvalue weighted by Crippen LogP contribution is -2.39. The minimum Gasteiger partial charge on any atom is -0.369 e. The van der Waals surface area contributed by atoms with Crippen molar-refractivity contribution in [3.8, 4) is 11.3 Å². The first-order valence-corrected chi connectivity index (χ1v) is 21.1. The summed E-state index contributed by atoms with van der Waals surface area (Å²) < 4.78 is 35.1. The summed E-state index contributed by atoms with van der Waals surface area (Å²) in [4.78, 5) is 32.8. The van der Waals surface area contributed by atoms with Gasteiger partial charge in [-0.05, 0) is 104 Å². The smallest absolute Gasteiger partial charge is 0.369 e. The minimum absolute atomic E-state index is 0.0141. The number of fused-ring (bicyclic) bond motifs is 2. The van der Waals surface area contributed by atoms with E-state index in [1.807, 2.05) is 78.4 Å². The summed E-state index contributed by atoms with van der Waals surface area (Å²) in [6.07, 6.45) is 5.74. The number of nitrogens with two attached hydrogens (primary N) is 1. The molecule has 1 saturated heterocycles. The van der Waals surface area contributed by atoms with E-state index >= 15 is 0 Å². The fraction of sp³-hybridized carbons (Fsp3) is 0.364. The molecule has 0 aliphatic carbocycles. The molecule has 7 rings (SSSR count). The molecule has 1 fully saturated rings. The third-order valence-electron chi connectivity index (χ3n) is 10.9. The molecule has 13 heteroatoms. The van der Waals surface area contributed by atoms with E-state index in [-0.39, 0.29) is 56.9 Å². The molecular weight excluding hydrogens is 739 g/mol. The Morgan fingerprint density at radius 2 is 1.54 bits per heavy atom. The van der Waals surface area contributed by atoms with Gasteiger partial charge in [0, 0.05) is 23.6 Å². The molecule has 0 unspecified atom stereocenters. The van der Waals surface area contributed by atoms with Crippen LogP contribution in [0.4, 0.5) is 0 Å². The molecule has 1 aliphatic rings. The number of phosphoric ester groups is 1. The van der Waals surface area contributed by atoms with Gasteiger partial charge in [-0.15, -0.1) is 0 Å². The number of aromatic nitrogens is 4. The van der Waals surface area contributed by atoms with Gasteiger partial charge < -0.3 is 5.73 Å². The number of carbonyl (C=O) groups excluding carboxylic acids is 2. The third-order valence-corrected chi connectivity index (χ3v) is 12.3. The van der Waals surface area contributed by atoms with Crippen molar-refractivity contribution in [3.63, 3.8) is 0 Å². The van der Waals surface area contributed by atoms with Crippen molar-refractivity contribution < 1.29 is 27.7 Å². The van der Waals surface area contributed by atoms with E-state index in [1.165, 1.54) is 5.56 Å². The number of nitrogens with zero attached hydrogens (tertiary/aromatic N) is 5. The van der Waals surface area contributed by atoms with Crippen molar-refractivity contribution in [2.75, 3.05) is 26.2 Å². The molecule has 0 radical (unpaired) electrons. The Kier molecular flexibility index (Phi) is 12.5. The van der Waals surface area contributed by atoms with Crippen LogP contribution in [0.2, 0.25) is 0 Å². The fourth-order valence-corrected chi connectivity index (χ4v) is 9.05. The number of hydrogen-bond donors (Lipinski definition) is 1. The van der Waals surface area contributed by atoms with Gasteiger partial charge in [-0.2, -0.15) is 5.10 Å². The summed E-state index contributed by atoms with van der Waals surface area (Å²) in [5.74, 6) is -0.0253. The molecule has 0 saturated carbocycles. The van der Waals surface area contributed by atoms with Crippen LogP contribution in [0.25, 0.3) is 27.8 Å². The Hall–Kier alpha value is -4.97. The highest BCUT2D eigenvalue weighted by atomic mass is 31.2. The van der Waals surface area contributed by atoms with Crippen molar-refractivity contribution >= 4 is 36.2 Å². The van der Waals surface area contributed by atoms with Crippen molar-refractivity contribution in [2.24, 2.45) is 5.73 Å². The van der Waals surface area contributed by atoms with Crippen LogP contribution in [0, 0.1) is 13.8 Å². The van der Waals surface area contributed by atoms with E-state index in [9.17, 15) is 14.2 Å². The van der Waals surface area contributed by atoms with Gasteiger partial charge in [0.25, 0.3) is 0 Å². The standard InChI is InChI=1S/C44H51N6O6P/c1-30(2)42-37-24-36(35-19-21-48(22-20-35)26-40(45)51)17-18-39(37)50(43(42)38-25-49-44(46-29-47-49)32(4)31(38)3)41(52)16-11-23-54-57(53,55-27-33-12-7-5-8-13-33)56-28-34-14-9-6-10-15-34/h5-10,12-15,17-18,24-25,29-30,35H,11,16,19-23,26-28H2,1-4H3,(H2,45,51). The largest absolute Gasteiger partial charge is 0.475 e. The molecule has 3 aromatic heterocycles. The number of hydrogen-bond acceptors (Lipinski definition) is 9. The Labute approximate surface area is 333 Å². The van der Waals surface area contributed by atoms with Crippen molar-refractivity contribution in [1.82, 2.24) is 24.1 Å². The van der Waals surface area contributed by atoms with Gasteiger partial charge in [-0.1, -0.05) is 80.6 Å². The van der Waals surface area contributed by atoms with Gasteiger partial charge in [0.2, 0.25) is 11.8 Å². The Morgan fingerprint density at radius 1 is 0.895 bits per heavy atom.